The summed E-state index contributed by atoms with van der Waals surface area (Å²) >= 11 is 0. The highest BCUT2D eigenvalue weighted by molar-refractivity contribution is 7.85. The average Bonchev–Trinajstić information content (AvgIpc) is 2.28. The summed E-state index contributed by atoms with van der Waals surface area (Å²) in [6.45, 7) is 2.19. The number of anilines is 1. The molecule has 1 aliphatic rings. The third-order valence-electron chi connectivity index (χ3n) is 3.38. The molecule has 2 N–H and O–H groups in total. The second-order valence-corrected chi connectivity index (χ2v) is 6.57. The third kappa shape index (κ3) is 2.86. The Hall–Kier alpha value is -0.900. The average molecular weight is 255 g/mol. The van der Waals surface area contributed by atoms with E-state index in [-0.39, 0.29) is 11.1 Å². The Balaban J connectivity index is 2.18. The van der Waals surface area contributed by atoms with E-state index < -0.39 is 10.8 Å². The van der Waals surface area contributed by atoms with Gasteiger partial charge in [-0.2, -0.15) is 0 Å². The normalized spacial score (nSPS) is 26.7. The summed E-state index contributed by atoms with van der Waals surface area (Å²) in [5.74, 6) is 0.250. The van der Waals surface area contributed by atoms with Gasteiger partial charge in [0, 0.05) is 5.25 Å². The van der Waals surface area contributed by atoms with Gasteiger partial charge in [-0.05, 0) is 37.0 Å². The van der Waals surface area contributed by atoms with E-state index in [1.54, 1.807) is 6.07 Å². The minimum Gasteiger partial charge on any atom is -0.398 e. The molecule has 1 saturated carbocycles. The van der Waals surface area contributed by atoms with Gasteiger partial charge in [0.2, 0.25) is 0 Å². The lowest BCUT2D eigenvalue weighted by atomic mass is 9.91. The van der Waals surface area contributed by atoms with Gasteiger partial charge in [0.05, 0.1) is 21.4 Å². The quantitative estimate of drug-likeness (QED) is 0.825. The Morgan fingerprint density at radius 3 is 2.82 bits per heavy atom. The number of halogens is 1. The van der Waals surface area contributed by atoms with Crippen molar-refractivity contribution in [3.63, 3.8) is 0 Å². The third-order valence-corrected chi connectivity index (χ3v) is 5.22. The fourth-order valence-electron chi connectivity index (χ4n) is 2.45. The first kappa shape index (κ1) is 12.6. The molecule has 2 nitrogen and oxygen atoms in total. The topological polar surface area (TPSA) is 43.1 Å². The molecule has 0 heterocycles. The van der Waals surface area contributed by atoms with Crippen LogP contribution in [-0.4, -0.2) is 9.46 Å². The molecule has 0 radical (unpaired) electrons. The molecule has 3 atom stereocenters. The molecule has 0 spiro atoms. The van der Waals surface area contributed by atoms with Crippen LogP contribution in [0.5, 0.6) is 0 Å². The molecule has 1 aromatic rings. The van der Waals surface area contributed by atoms with Crippen LogP contribution in [0.1, 0.15) is 32.6 Å². The molecule has 0 aromatic heterocycles. The minimum atomic E-state index is -1.10. The Bertz CT molecular complexity index is 435. The smallest absolute Gasteiger partial charge is 0.125 e. The molecule has 0 aliphatic heterocycles. The van der Waals surface area contributed by atoms with Crippen LogP contribution in [0, 0.1) is 11.7 Å². The van der Waals surface area contributed by atoms with Crippen molar-refractivity contribution in [2.24, 2.45) is 5.92 Å². The lowest BCUT2D eigenvalue weighted by Crippen LogP contribution is -2.23. The summed E-state index contributed by atoms with van der Waals surface area (Å²) in [4.78, 5) is 0.588. The number of nitrogens with two attached hydrogens (primary N) is 1. The summed E-state index contributed by atoms with van der Waals surface area (Å²) in [6.07, 6.45) is 4.29. The van der Waals surface area contributed by atoms with Crippen molar-refractivity contribution in [3.05, 3.63) is 24.0 Å². The van der Waals surface area contributed by atoms with Gasteiger partial charge < -0.3 is 5.73 Å². The number of rotatable bonds is 2. The van der Waals surface area contributed by atoms with Crippen LogP contribution in [0.25, 0.3) is 0 Å². The van der Waals surface area contributed by atoms with Crippen molar-refractivity contribution in [1.82, 2.24) is 0 Å². The van der Waals surface area contributed by atoms with Gasteiger partial charge in [-0.3, -0.25) is 4.21 Å². The van der Waals surface area contributed by atoms with Crippen molar-refractivity contribution >= 4 is 16.5 Å². The van der Waals surface area contributed by atoms with E-state index in [4.69, 9.17) is 5.73 Å². The maximum atomic E-state index is 12.9. The van der Waals surface area contributed by atoms with Gasteiger partial charge in [0.15, 0.2) is 0 Å². The van der Waals surface area contributed by atoms with E-state index in [0.717, 1.165) is 19.3 Å². The van der Waals surface area contributed by atoms with Crippen molar-refractivity contribution < 1.29 is 8.60 Å². The van der Waals surface area contributed by atoms with E-state index in [1.807, 2.05) is 0 Å². The number of nitrogen functional groups attached to an aromatic ring is 1. The van der Waals surface area contributed by atoms with Crippen LogP contribution < -0.4 is 5.73 Å². The molecule has 94 valence electrons. The highest BCUT2D eigenvalue weighted by Crippen LogP contribution is 2.31. The maximum absolute atomic E-state index is 12.9. The molecule has 0 saturated heterocycles. The molecule has 2 rings (SSSR count). The SMILES string of the molecule is CC1CCCC(S(=O)c2ccc(F)cc2N)C1. The zero-order valence-corrected chi connectivity index (χ0v) is 10.8. The summed E-state index contributed by atoms with van der Waals surface area (Å²) in [7, 11) is -1.10. The first-order chi connectivity index (χ1) is 8.08. The van der Waals surface area contributed by atoms with Crippen LogP contribution in [0.3, 0.4) is 0 Å². The van der Waals surface area contributed by atoms with Crippen LogP contribution in [0.2, 0.25) is 0 Å². The molecule has 17 heavy (non-hydrogen) atoms. The van der Waals surface area contributed by atoms with Crippen LogP contribution in [0.4, 0.5) is 10.1 Å². The van der Waals surface area contributed by atoms with E-state index in [9.17, 15) is 8.60 Å². The lowest BCUT2D eigenvalue weighted by molar-refractivity contribution is 0.389. The van der Waals surface area contributed by atoms with Gasteiger partial charge >= 0.3 is 0 Å². The van der Waals surface area contributed by atoms with Crippen molar-refractivity contribution in [2.75, 3.05) is 5.73 Å². The molecule has 1 aromatic carbocycles. The Kier molecular flexibility index (Phi) is 3.82. The fourth-order valence-corrected chi connectivity index (χ4v) is 4.19. The predicted octanol–water partition coefficient (Wildman–Crippen LogP) is 3.09. The fraction of sp³-hybridized carbons (Fsp3) is 0.538. The highest BCUT2D eigenvalue weighted by atomic mass is 32.2. The molecule has 0 amide bonds. The molecule has 0 bridgehead atoms. The Morgan fingerprint density at radius 2 is 2.18 bits per heavy atom. The molecule has 3 unspecified atom stereocenters. The first-order valence-corrected chi connectivity index (χ1v) is 7.25. The number of benzene rings is 1. The zero-order valence-electron chi connectivity index (χ0n) is 9.99. The summed E-state index contributed by atoms with van der Waals surface area (Å²) in [6, 6.07) is 4.13. The Morgan fingerprint density at radius 1 is 1.41 bits per heavy atom. The van der Waals surface area contributed by atoms with Gasteiger partial charge in [-0.15, -0.1) is 0 Å². The van der Waals surface area contributed by atoms with Gasteiger partial charge in [0.25, 0.3) is 0 Å². The predicted molar refractivity (Wildman–Crippen MR) is 68.6 cm³/mol. The standard InChI is InChI=1S/C13H18FNOS/c1-9-3-2-4-11(7-9)17(16)13-6-5-10(14)8-12(13)15/h5-6,8-9,11H,2-4,7,15H2,1H3. The monoisotopic (exact) mass is 255 g/mol. The largest absolute Gasteiger partial charge is 0.398 e. The van der Waals surface area contributed by atoms with Gasteiger partial charge in [-0.25, -0.2) is 4.39 Å². The molecular formula is C13H18FNOS. The molecule has 1 aliphatic carbocycles. The first-order valence-electron chi connectivity index (χ1n) is 6.03. The lowest BCUT2D eigenvalue weighted by Gasteiger charge is -2.26. The van der Waals surface area contributed by atoms with Gasteiger partial charge in [0.1, 0.15) is 5.82 Å². The molecular weight excluding hydrogens is 237 g/mol. The van der Waals surface area contributed by atoms with E-state index in [0.29, 0.717) is 16.5 Å². The second-order valence-electron chi connectivity index (χ2n) is 4.87. The highest BCUT2D eigenvalue weighted by Gasteiger charge is 2.25. The van der Waals surface area contributed by atoms with Crippen LogP contribution >= 0.6 is 0 Å². The number of hydrogen-bond donors (Lipinski definition) is 1. The summed E-state index contributed by atoms with van der Waals surface area (Å²) in [5.41, 5.74) is 6.04. The van der Waals surface area contributed by atoms with Crippen LogP contribution in [-0.2, 0) is 10.8 Å². The zero-order chi connectivity index (χ0) is 12.4. The van der Waals surface area contributed by atoms with E-state index in [2.05, 4.69) is 6.92 Å². The number of hydrogen-bond acceptors (Lipinski definition) is 2. The van der Waals surface area contributed by atoms with E-state index in [1.165, 1.54) is 18.6 Å². The van der Waals surface area contributed by atoms with Crippen molar-refractivity contribution in [1.29, 1.82) is 0 Å². The summed E-state index contributed by atoms with van der Waals surface area (Å²) < 4.78 is 25.3. The van der Waals surface area contributed by atoms with Crippen LogP contribution in [0.15, 0.2) is 23.1 Å². The molecule has 4 heteroatoms. The second kappa shape index (κ2) is 5.17. The maximum Gasteiger partial charge on any atom is 0.125 e. The molecule has 1 fully saturated rings. The van der Waals surface area contributed by atoms with Crippen molar-refractivity contribution in [2.45, 2.75) is 42.8 Å². The van der Waals surface area contributed by atoms with E-state index >= 15 is 0 Å². The summed E-state index contributed by atoms with van der Waals surface area (Å²) in [5, 5.41) is 0.173. The van der Waals surface area contributed by atoms with Gasteiger partial charge in [-0.1, -0.05) is 19.8 Å². The Labute approximate surface area is 104 Å². The minimum absolute atomic E-state index is 0.173. The van der Waals surface area contributed by atoms with Crippen molar-refractivity contribution in [3.8, 4) is 0 Å².